The fourth-order valence-electron chi connectivity index (χ4n) is 4.58. The van der Waals surface area contributed by atoms with E-state index in [1.807, 2.05) is 13.8 Å². The molecule has 244 valence electrons. The second-order valence-electron chi connectivity index (χ2n) is 10.8. The molecule has 2 aromatic rings. The number of ether oxygens (including phenoxy) is 1. The zero-order chi connectivity index (χ0) is 32.4. The highest BCUT2D eigenvalue weighted by atomic mass is 32.2. The van der Waals surface area contributed by atoms with Crippen molar-refractivity contribution in [2.45, 2.75) is 95.3 Å². The average Bonchev–Trinajstić information content (AvgIpc) is 3.24. The first-order valence-corrected chi connectivity index (χ1v) is 17.2. The molecular formula is C29H42FN4O8PS. The summed E-state index contributed by atoms with van der Waals surface area (Å²) in [5.74, 6) is -0.868. The SMILES string of the molecule is CCCC(CCC)C(=O)Nc1ccn([C@@H]2S[C@H](CO[P@@](=O)(NC(C)C(=O)OC(C)C)Oc3ccccc3)[C@@H](O)[C@@H]2F)c(=O)n1. The second kappa shape index (κ2) is 16.5. The minimum absolute atomic E-state index is 0.0579. The zero-order valence-corrected chi connectivity index (χ0v) is 27.3. The van der Waals surface area contributed by atoms with E-state index >= 15 is 4.39 Å². The maximum atomic E-state index is 15.3. The predicted molar refractivity (Wildman–Crippen MR) is 166 cm³/mol. The van der Waals surface area contributed by atoms with Crippen LogP contribution in [0.4, 0.5) is 10.2 Å². The Balaban J connectivity index is 1.72. The number of anilines is 1. The first-order valence-electron chi connectivity index (χ1n) is 14.7. The smallest absolute Gasteiger partial charge is 0.459 e. The van der Waals surface area contributed by atoms with Gasteiger partial charge >= 0.3 is 19.4 Å². The van der Waals surface area contributed by atoms with Gasteiger partial charge in [-0.2, -0.15) is 10.1 Å². The van der Waals surface area contributed by atoms with Crippen LogP contribution in [0, 0.1) is 5.92 Å². The molecule has 0 spiro atoms. The molecule has 6 atom stereocenters. The number of carbonyl (C=O) groups is 2. The normalized spacial score (nSPS) is 22.0. The molecule has 3 rings (SSSR count). The van der Waals surface area contributed by atoms with Crippen molar-refractivity contribution in [3.05, 3.63) is 53.1 Å². The predicted octanol–water partition coefficient (Wildman–Crippen LogP) is 4.84. The van der Waals surface area contributed by atoms with Gasteiger partial charge in [0.2, 0.25) is 5.91 Å². The lowest BCUT2D eigenvalue weighted by Gasteiger charge is -2.25. The maximum absolute atomic E-state index is 15.3. The van der Waals surface area contributed by atoms with Gasteiger partial charge in [-0.3, -0.25) is 18.7 Å². The van der Waals surface area contributed by atoms with Crippen molar-refractivity contribution in [3.8, 4) is 5.75 Å². The topological polar surface area (TPSA) is 158 Å². The number of carbonyl (C=O) groups excluding carboxylic acids is 2. The number of thioether (sulfide) groups is 1. The van der Waals surface area contributed by atoms with Crippen LogP contribution in [0.5, 0.6) is 5.75 Å². The van der Waals surface area contributed by atoms with Gasteiger partial charge < -0.3 is 19.7 Å². The molecule has 12 nitrogen and oxygen atoms in total. The number of halogens is 1. The number of aliphatic hydroxyl groups is 1. The third-order valence-electron chi connectivity index (χ3n) is 6.73. The van der Waals surface area contributed by atoms with Crippen LogP contribution in [0.1, 0.15) is 65.7 Å². The van der Waals surface area contributed by atoms with Crippen molar-refractivity contribution in [2.75, 3.05) is 11.9 Å². The Morgan fingerprint density at radius 3 is 2.39 bits per heavy atom. The summed E-state index contributed by atoms with van der Waals surface area (Å²) >= 11 is 0.902. The first-order chi connectivity index (χ1) is 20.9. The third-order valence-corrected chi connectivity index (χ3v) is 9.90. The van der Waals surface area contributed by atoms with Gasteiger partial charge in [-0.15, -0.1) is 11.8 Å². The summed E-state index contributed by atoms with van der Waals surface area (Å²) in [5, 5.41) is 13.8. The van der Waals surface area contributed by atoms with E-state index < -0.39 is 61.1 Å². The summed E-state index contributed by atoms with van der Waals surface area (Å²) in [6.07, 6.45) is 0.512. The van der Waals surface area contributed by atoms with Crippen LogP contribution in [-0.4, -0.2) is 62.8 Å². The third kappa shape index (κ3) is 9.87. The summed E-state index contributed by atoms with van der Waals surface area (Å²) in [7, 11) is -4.25. The number of nitrogens with zero attached hydrogens (tertiary/aromatic N) is 2. The van der Waals surface area contributed by atoms with Gasteiger partial charge in [0.15, 0.2) is 6.17 Å². The fourth-order valence-corrected chi connectivity index (χ4v) is 7.61. The van der Waals surface area contributed by atoms with Crippen LogP contribution in [0.15, 0.2) is 47.4 Å². The summed E-state index contributed by atoms with van der Waals surface area (Å²) in [6.45, 7) is 8.31. The number of esters is 1. The van der Waals surface area contributed by atoms with Gasteiger partial charge in [-0.05, 0) is 51.8 Å². The maximum Gasteiger partial charge on any atom is 0.459 e. The van der Waals surface area contributed by atoms with Crippen LogP contribution in [0.2, 0.25) is 0 Å². The fraction of sp³-hybridized carbons (Fsp3) is 0.586. The molecule has 1 aromatic carbocycles. The standard InChI is InChI=1S/C29H42FN4O8PS/c1-6-11-20(12-7-2)26(36)31-23-15-16-34(29(38)32-23)27-24(30)25(35)22(44-27)17-40-43(39,42-21-13-9-8-10-14-21)33-19(5)28(37)41-18(3)4/h8-10,13-16,18-20,22,24-25,27,35H,6-7,11-12,17H2,1-5H3,(H,33,39)(H,31,32,36,38)/t19?,22-,24+,25-,27-,43+/m1/s1. The highest BCUT2D eigenvalue weighted by molar-refractivity contribution is 8.00. The molecule has 0 saturated carbocycles. The van der Waals surface area contributed by atoms with E-state index in [9.17, 15) is 24.1 Å². The summed E-state index contributed by atoms with van der Waals surface area (Å²) in [5.41, 5.74) is -0.809. The zero-order valence-electron chi connectivity index (χ0n) is 25.6. The average molecular weight is 657 g/mol. The largest absolute Gasteiger partial charge is 0.462 e. The number of hydrogen-bond donors (Lipinski definition) is 3. The van der Waals surface area contributed by atoms with E-state index in [1.165, 1.54) is 19.2 Å². The Kier molecular flexibility index (Phi) is 13.4. The van der Waals surface area contributed by atoms with Crippen molar-refractivity contribution >= 4 is 37.2 Å². The van der Waals surface area contributed by atoms with E-state index in [0.717, 1.165) is 29.2 Å². The molecule has 2 heterocycles. The molecule has 3 N–H and O–H groups in total. The summed E-state index contributed by atoms with van der Waals surface area (Å²) in [6, 6.07) is 8.44. The quantitative estimate of drug-likeness (QED) is 0.168. The number of aromatic nitrogens is 2. The Bertz CT molecular complexity index is 1340. The molecule has 1 aliphatic rings. The van der Waals surface area contributed by atoms with Crippen LogP contribution in [-0.2, 0) is 23.4 Å². The molecule has 1 fully saturated rings. The number of nitrogens with one attached hydrogen (secondary N) is 2. The Morgan fingerprint density at radius 2 is 1.80 bits per heavy atom. The van der Waals surface area contributed by atoms with Crippen LogP contribution >= 0.6 is 19.5 Å². The summed E-state index contributed by atoms with van der Waals surface area (Å²) in [4.78, 5) is 41.8. The molecule has 0 radical (unpaired) electrons. The number of rotatable bonds is 16. The molecule has 0 aliphatic carbocycles. The highest BCUT2D eigenvalue weighted by Crippen LogP contribution is 2.49. The monoisotopic (exact) mass is 656 g/mol. The number of para-hydroxylation sites is 1. The van der Waals surface area contributed by atoms with Crippen LogP contribution < -0.4 is 20.6 Å². The Hall–Kier alpha value is -2.77. The van der Waals surface area contributed by atoms with Gasteiger partial charge in [0.05, 0.1) is 18.0 Å². The molecule has 15 heteroatoms. The number of alkyl halides is 1. The van der Waals surface area contributed by atoms with Gasteiger partial charge in [-0.25, -0.2) is 13.8 Å². The van der Waals surface area contributed by atoms with E-state index in [4.69, 9.17) is 13.8 Å². The molecule has 0 bridgehead atoms. The van der Waals surface area contributed by atoms with Crippen LogP contribution in [0.25, 0.3) is 0 Å². The lowest BCUT2D eigenvalue weighted by molar-refractivity contribution is -0.149. The van der Waals surface area contributed by atoms with E-state index in [0.29, 0.717) is 12.8 Å². The van der Waals surface area contributed by atoms with Crippen molar-refractivity contribution in [1.29, 1.82) is 0 Å². The van der Waals surface area contributed by atoms with Crippen molar-refractivity contribution in [1.82, 2.24) is 14.6 Å². The van der Waals surface area contributed by atoms with Gasteiger partial charge in [-0.1, -0.05) is 44.9 Å². The van der Waals surface area contributed by atoms with Gasteiger partial charge in [0, 0.05) is 12.1 Å². The number of amides is 1. The Labute approximate surface area is 261 Å². The van der Waals surface area contributed by atoms with Gasteiger partial charge in [0.25, 0.3) is 0 Å². The van der Waals surface area contributed by atoms with Gasteiger partial charge in [0.1, 0.15) is 29.1 Å². The molecule has 1 saturated heterocycles. The molecule has 1 aliphatic heterocycles. The molecule has 1 unspecified atom stereocenters. The van der Waals surface area contributed by atoms with E-state index in [2.05, 4.69) is 15.4 Å². The second-order valence-corrected chi connectivity index (χ2v) is 13.9. The first kappa shape index (κ1) is 35.7. The number of hydrogen-bond acceptors (Lipinski definition) is 10. The molecule has 44 heavy (non-hydrogen) atoms. The minimum atomic E-state index is -4.25. The van der Waals surface area contributed by atoms with E-state index in [-0.39, 0.29) is 23.4 Å². The number of aliphatic hydroxyl groups excluding tert-OH is 1. The van der Waals surface area contributed by atoms with E-state index in [1.54, 1.807) is 44.2 Å². The molecular weight excluding hydrogens is 614 g/mol. The lowest BCUT2D eigenvalue weighted by Crippen LogP contribution is -2.37. The van der Waals surface area contributed by atoms with Crippen LogP contribution in [0.3, 0.4) is 0 Å². The van der Waals surface area contributed by atoms with Crippen molar-refractivity contribution in [2.24, 2.45) is 5.92 Å². The molecule has 1 aromatic heterocycles. The minimum Gasteiger partial charge on any atom is -0.462 e. The summed E-state index contributed by atoms with van der Waals surface area (Å²) < 4.78 is 46.5. The van der Waals surface area contributed by atoms with Crippen molar-refractivity contribution in [3.63, 3.8) is 0 Å². The highest BCUT2D eigenvalue weighted by Gasteiger charge is 2.46. The number of benzene rings is 1. The molecule has 1 amide bonds. The Morgan fingerprint density at radius 1 is 1.14 bits per heavy atom. The van der Waals surface area contributed by atoms with Crippen molar-refractivity contribution < 1.29 is 37.4 Å². The lowest BCUT2D eigenvalue weighted by atomic mass is 9.97.